The number of rotatable bonds is 2. The van der Waals surface area contributed by atoms with Gasteiger partial charge in [0, 0.05) is 11.9 Å². The predicted molar refractivity (Wildman–Crippen MR) is 59.2 cm³/mol. The standard InChI is InChI=1S/C11H13N3O/c1-7(2)10-9(11(15)14-13-10)6-8-4-3-5-12-8/h3-7,12H,1-2H3,(H,14,15). The smallest absolute Gasteiger partial charge is 0.273 e. The van der Waals surface area contributed by atoms with Gasteiger partial charge < -0.3 is 4.98 Å². The summed E-state index contributed by atoms with van der Waals surface area (Å²) in [5.74, 6) is 0.110. The summed E-state index contributed by atoms with van der Waals surface area (Å²) in [6, 6.07) is 3.81. The molecule has 0 spiro atoms. The monoisotopic (exact) mass is 203 g/mol. The molecule has 0 atom stereocenters. The summed E-state index contributed by atoms with van der Waals surface area (Å²) in [6.07, 6.45) is 3.65. The maximum Gasteiger partial charge on any atom is 0.273 e. The number of H-pyrrole nitrogens is 1. The van der Waals surface area contributed by atoms with Crippen LogP contribution in [0.5, 0.6) is 0 Å². The fourth-order valence-electron chi connectivity index (χ4n) is 1.52. The summed E-state index contributed by atoms with van der Waals surface area (Å²) < 4.78 is 0. The van der Waals surface area contributed by atoms with Crippen LogP contribution < -0.4 is 5.43 Å². The summed E-state index contributed by atoms with van der Waals surface area (Å²) in [4.78, 5) is 14.5. The van der Waals surface area contributed by atoms with Gasteiger partial charge in [-0.05, 0) is 24.1 Å². The van der Waals surface area contributed by atoms with E-state index < -0.39 is 0 Å². The second-order valence-corrected chi connectivity index (χ2v) is 3.78. The molecule has 1 amide bonds. The molecule has 0 fully saturated rings. The van der Waals surface area contributed by atoms with E-state index >= 15 is 0 Å². The quantitative estimate of drug-likeness (QED) is 0.704. The van der Waals surface area contributed by atoms with Crippen LogP contribution >= 0.6 is 0 Å². The lowest BCUT2D eigenvalue weighted by Crippen LogP contribution is -2.15. The van der Waals surface area contributed by atoms with E-state index in [4.69, 9.17) is 0 Å². The van der Waals surface area contributed by atoms with Crippen molar-refractivity contribution >= 4 is 17.7 Å². The molecule has 2 heterocycles. The van der Waals surface area contributed by atoms with E-state index in [1.54, 1.807) is 0 Å². The molecule has 0 aromatic carbocycles. The molecule has 1 aromatic rings. The van der Waals surface area contributed by atoms with Crippen LogP contribution in [0.4, 0.5) is 0 Å². The van der Waals surface area contributed by atoms with Crippen molar-refractivity contribution < 1.29 is 4.79 Å². The number of aromatic nitrogens is 1. The van der Waals surface area contributed by atoms with E-state index in [-0.39, 0.29) is 11.8 Å². The maximum atomic E-state index is 11.5. The largest absolute Gasteiger partial charge is 0.362 e. The molecule has 15 heavy (non-hydrogen) atoms. The molecular weight excluding hydrogens is 190 g/mol. The predicted octanol–water partition coefficient (Wildman–Crippen LogP) is 1.54. The third-order valence-corrected chi connectivity index (χ3v) is 2.27. The van der Waals surface area contributed by atoms with Crippen LogP contribution in [0.15, 0.2) is 29.0 Å². The van der Waals surface area contributed by atoms with Gasteiger partial charge in [-0.1, -0.05) is 13.8 Å². The van der Waals surface area contributed by atoms with E-state index in [1.807, 2.05) is 38.3 Å². The van der Waals surface area contributed by atoms with Crippen molar-refractivity contribution in [1.82, 2.24) is 10.4 Å². The van der Waals surface area contributed by atoms with Gasteiger partial charge in [0.2, 0.25) is 0 Å². The number of carbonyl (C=O) groups is 1. The summed E-state index contributed by atoms with van der Waals surface area (Å²) in [5, 5.41) is 4.01. The topological polar surface area (TPSA) is 57.2 Å². The first kappa shape index (κ1) is 9.71. The lowest BCUT2D eigenvalue weighted by atomic mass is 10.00. The normalized spacial score (nSPS) is 18.5. The van der Waals surface area contributed by atoms with Crippen molar-refractivity contribution in [1.29, 1.82) is 0 Å². The molecule has 0 aliphatic carbocycles. The number of hydrazone groups is 1. The van der Waals surface area contributed by atoms with Crippen LogP contribution in [0, 0.1) is 5.92 Å². The van der Waals surface area contributed by atoms with Crippen molar-refractivity contribution in [2.75, 3.05) is 0 Å². The van der Waals surface area contributed by atoms with E-state index in [0.29, 0.717) is 5.57 Å². The number of nitrogens with zero attached hydrogens (tertiary/aromatic N) is 1. The summed E-state index contributed by atoms with van der Waals surface area (Å²) in [5.41, 5.74) is 4.85. The summed E-state index contributed by atoms with van der Waals surface area (Å²) >= 11 is 0. The first-order chi connectivity index (χ1) is 7.18. The third kappa shape index (κ3) is 1.83. The highest BCUT2D eigenvalue weighted by atomic mass is 16.2. The number of nitrogens with one attached hydrogen (secondary N) is 2. The van der Waals surface area contributed by atoms with Crippen LogP contribution in [0.1, 0.15) is 19.5 Å². The Hall–Kier alpha value is -1.84. The van der Waals surface area contributed by atoms with Gasteiger partial charge >= 0.3 is 0 Å². The van der Waals surface area contributed by atoms with Crippen LogP contribution in [0.2, 0.25) is 0 Å². The average molecular weight is 203 g/mol. The molecule has 0 unspecified atom stereocenters. The molecular formula is C11H13N3O. The average Bonchev–Trinajstić information content (AvgIpc) is 2.78. The lowest BCUT2D eigenvalue weighted by molar-refractivity contribution is -0.116. The number of hydrogen-bond donors (Lipinski definition) is 2. The molecule has 2 N–H and O–H groups in total. The van der Waals surface area contributed by atoms with Gasteiger partial charge in [0.1, 0.15) is 0 Å². The SMILES string of the molecule is CC(C)C1=NNC(=O)C1=Cc1ccc[nH]1. The number of hydrogen-bond acceptors (Lipinski definition) is 2. The zero-order valence-corrected chi connectivity index (χ0v) is 8.74. The number of amides is 1. The molecule has 1 aliphatic heterocycles. The Morgan fingerprint density at radius 2 is 2.27 bits per heavy atom. The van der Waals surface area contributed by atoms with Crippen molar-refractivity contribution in [3.05, 3.63) is 29.6 Å². The molecule has 2 rings (SSSR count). The van der Waals surface area contributed by atoms with Gasteiger partial charge in [-0.2, -0.15) is 5.10 Å². The highest BCUT2D eigenvalue weighted by molar-refractivity contribution is 6.27. The summed E-state index contributed by atoms with van der Waals surface area (Å²) in [6.45, 7) is 4.03. The molecule has 0 saturated carbocycles. The zero-order chi connectivity index (χ0) is 10.8. The highest BCUT2D eigenvalue weighted by Gasteiger charge is 2.24. The van der Waals surface area contributed by atoms with E-state index in [1.165, 1.54) is 0 Å². The minimum Gasteiger partial charge on any atom is -0.362 e. The van der Waals surface area contributed by atoms with E-state index in [9.17, 15) is 4.79 Å². The van der Waals surface area contributed by atoms with Crippen LogP contribution in [-0.4, -0.2) is 16.6 Å². The molecule has 4 heteroatoms. The van der Waals surface area contributed by atoms with Crippen molar-refractivity contribution in [2.24, 2.45) is 11.0 Å². The molecule has 1 aromatic heterocycles. The van der Waals surface area contributed by atoms with Gasteiger partial charge in [0.25, 0.3) is 5.91 Å². The van der Waals surface area contributed by atoms with Gasteiger partial charge in [0.05, 0.1) is 11.3 Å². The van der Waals surface area contributed by atoms with Crippen LogP contribution in [-0.2, 0) is 4.79 Å². The van der Waals surface area contributed by atoms with Crippen molar-refractivity contribution in [3.63, 3.8) is 0 Å². The highest BCUT2D eigenvalue weighted by Crippen LogP contribution is 2.16. The number of carbonyl (C=O) groups excluding carboxylic acids is 1. The van der Waals surface area contributed by atoms with E-state index in [2.05, 4.69) is 15.5 Å². The summed E-state index contributed by atoms with van der Waals surface area (Å²) in [7, 11) is 0. The minimum absolute atomic E-state index is 0.131. The third-order valence-electron chi connectivity index (χ3n) is 2.27. The van der Waals surface area contributed by atoms with Crippen molar-refractivity contribution in [2.45, 2.75) is 13.8 Å². The first-order valence-electron chi connectivity index (χ1n) is 4.92. The second kappa shape index (κ2) is 3.73. The molecule has 78 valence electrons. The maximum absolute atomic E-state index is 11.5. The Balaban J connectivity index is 2.35. The Morgan fingerprint density at radius 3 is 2.87 bits per heavy atom. The Kier molecular flexibility index (Phi) is 2.41. The molecule has 4 nitrogen and oxygen atoms in total. The second-order valence-electron chi connectivity index (χ2n) is 3.78. The van der Waals surface area contributed by atoms with Gasteiger partial charge in [-0.3, -0.25) is 4.79 Å². The first-order valence-corrected chi connectivity index (χ1v) is 4.92. The fraction of sp³-hybridized carbons (Fsp3) is 0.273. The Bertz CT molecular complexity index is 427. The lowest BCUT2D eigenvalue weighted by Gasteiger charge is -2.03. The molecule has 0 radical (unpaired) electrons. The van der Waals surface area contributed by atoms with Crippen molar-refractivity contribution in [3.8, 4) is 0 Å². The van der Waals surface area contributed by atoms with E-state index in [0.717, 1.165) is 11.4 Å². The number of aromatic amines is 1. The van der Waals surface area contributed by atoms with Crippen LogP contribution in [0.3, 0.4) is 0 Å². The zero-order valence-electron chi connectivity index (χ0n) is 8.74. The minimum atomic E-state index is -0.131. The van der Waals surface area contributed by atoms with Gasteiger partial charge in [-0.15, -0.1) is 0 Å². The van der Waals surface area contributed by atoms with Gasteiger partial charge in [-0.25, -0.2) is 5.43 Å². The van der Waals surface area contributed by atoms with Crippen LogP contribution in [0.25, 0.3) is 6.08 Å². The Morgan fingerprint density at radius 1 is 1.47 bits per heavy atom. The molecule has 1 aliphatic rings. The Labute approximate surface area is 88.1 Å². The van der Waals surface area contributed by atoms with Gasteiger partial charge in [0.15, 0.2) is 0 Å². The molecule has 0 bridgehead atoms. The fourth-order valence-corrected chi connectivity index (χ4v) is 1.52. The molecule has 0 saturated heterocycles.